The van der Waals surface area contributed by atoms with Crippen LogP contribution in [0.5, 0.6) is 0 Å². The fourth-order valence-corrected chi connectivity index (χ4v) is 4.13. The Kier molecular flexibility index (Phi) is 6.56. The zero-order chi connectivity index (χ0) is 24.7. The first-order valence-electron chi connectivity index (χ1n) is 9.70. The van der Waals surface area contributed by atoms with Gasteiger partial charge in [0.05, 0.1) is 5.92 Å². The van der Waals surface area contributed by atoms with Crippen LogP contribution in [0, 0.1) is 5.92 Å². The molecule has 1 amide bonds. The van der Waals surface area contributed by atoms with E-state index < -0.39 is 66.5 Å². The van der Waals surface area contributed by atoms with Gasteiger partial charge in [0.2, 0.25) is 5.82 Å². The molecule has 1 N–H and O–H groups in total. The second kappa shape index (κ2) is 8.65. The van der Waals surface area contributed by atoms with Crippen LogP contribution in [-0.2, 0) is 20.2 Å². The van der Waals surface area contributed by atoms with Crippen molar-refractivity contribution >= 4 is 11.9 Å². The lowest BCUT2D eigenvalue weighted by Gasteiger charge is -2.42. The fourth-order valence-electron chi connectivity index (χ4n) is 4.13. The Morgan fingerprint density at radius 2 is 1.58 bits per heavy atom. The van der Waals surface area contributed by atoms with Gasteiger partial charge in [0, 0.05) is 24.5 Å². The third kappa shape index (κ3) is 5.01. The van der Waals surface area contributed by atoms with Gasteiger partial charge >= 0.3 is 30.2 Å². The largest absolute Gasteiger partial charge is 0.442 e. The number of aromatic nitrogens is 2. The molecule has 1 spiro atoms. The van der Waals surface area contributed by atoms with Gasteiger partial charge in [0.25, 0.3) is 6.10 Å². The van der Waals surface area contributed by atoms with E-state index in [2.05, 4.69) is 20.0 Å². The monoisotopic (exact) mass is 490 g/mol. The third-order valence-electron chi connectivity index (χ3n) is 5.66. The van der Waals surface area contributed by atoms with Crippen molar-refractivity contribution < 1.29 is 49.4 Å². The molecule has 1 unspecified atom stereocenters. The van der Waals surface area contributed by atoms with Crippen LogP contribution < -0.4 is 5.32 Å². The molecular formula is C18H18F8N4O3. The van der Waals surface area contributed by atoms with E-state index in [0.29, 0.717) is 4.90 Å². The first kappa shape index (κ1) is 25.1. The highest BCUT2D eigenvalue weighted by atomic mass is 19.4. The van der Waals surface area contributed by atoms with Crippen molar-refractivity contribution in [3.63, 3.8) is 0 Å². The molecule has 3 rings (SSSR count). The Bertz CT molecular complexity index is 858. The number of halogens is 8. The molecule has 2 fully saturated rings. The van der Waals surface area contributed by atoms with Crippen LogP contribution in [-0.4, -0.2) is 70.4 Å². The number of ether oxygens (including phenoxy) is 1. The maximum Gasteiger partial charge on any atom is 0.434 e. The zero-order valence-electron chi connectivity index (χ0n) is 16.7. The van der Waals surface area contributed by atoms with Gasteiger partial charge in [0.1, 0.15) is 0 Å². The maximum absolute atomic E-state index is 14.8. The van der Waals surface area contributed by atoms with Crippen LogP contribution >= 0.6 is 0 Å². The summed E-state index contributed by atoms with van der Waals surface area (Å²) in [5, 5.41) is 2.92. The number of esters is 1. The van der Waals surface area contributed by atoms with Crippen molar-refractivity contribution in [1.29, 1.82) is 0 Å². The Morgan fingerprint density at radius 3 is 2.09 bits per heavy atom. The first-order valence-corrected chi connectivity index (χ1v) is 9.70. The highest BCUT2D eigenvalue weighted by molar-refractivity contribution is 5.86. The summed E-state index contributed by atoms with van der Waals surface area (Å²) in [7, 11) is 0. The van der Waals surface area contributed by atoms with Gasteiger partial charge in [-0.25, -0.2) is 9.97 Å². The Hall–Kier alpha value is -2.58. The molecule has 2 aliphatic rings. The van der Waals surface area contributed by atoms with Crippen LogP contribution in [0.25, 0.3) is 0 Å². The van der Waals surface area contributed by atoms with Crippen LogP contribution in [0.4, 0.5) is 35.1 Å². The van der Waals surface area contributed by atoms with Gasteiger partial charge in [-0.3, -0.25) is 9.59 Å². The van der Waals surface area contributed by atoms with Crippen LogP contribution in [0.1, 0.15) is 25.1 Å². The lowest BCUT2D eigenvalue weighted by Crippen LogP contribution is -2.56. The maximum atomic E-state index is 14.8. The average Bonchev–Trinajstić information content (AvgIpc) is 3.09. The van der Waals surface area contributed by atoms with Crippen molar-refractivity contribution in [1.82, 2.24) is 20.2 Å². The van der Waals surface area contributed by atoms with E-state index in [1.807, 2.05) is 0 Å². The SMILES string of the molecule is O=C(OC(C(F)(F)F)C(F)(F)F)C1CN(C(=O)C(F)(F)c2ncccn2)C2(CCNCC2)C1. The highest BCUT2D eigenvalue weighted by Crippen LogP contribution is 2.44. The summed E-state index contributed by atoms with van der Waals surface area (Å²) in [5.41, 5.74) is -1.38. The molecule has 184 valence electrons. The molecule has 0 bridgehead atoms. The summed E-state index contributed by atoms with van der Waals surface area (Å²) in [6.07, 6.45) is -14.6. The third-order valence-corrected chi connectivity index (χ3v) is 5.66. The van der Waals surface area contributed by atoms with Gasteiger partial charge in [-0.1, -0.05) is 0 Å². The van der Waals surface area contributed by atoms with Crippen molar-refractivity contribution in [2.75, 3.05) is 19.6 Å². The molecule has 3 heterocycles. The molecule has 0 radical (unpaired) electrons. The molecule has 33 heavy (non-hydrogen) atoms. The van der Waals surface area contributed by atoms with E-state index in [1.165, 1.54) is 6.07 Å². The lowest BCUT2D eigenvalue weighted by molar-refractivity contribution is -0.314. The Morgan fingerprint density at radius 1 is 1.03 bits per heavy atom. The molecule has 15 heteroatoms. The van der Waals surface area contributed by atoms with Crippen LogP contribution in [0.3, 0.4) is 0 Å². The lowest BCUT2D eigenvalue weighted by atomic mass is 9.83. The van der Waals surface area contributed by atoms with Crippen LogP contribution in [0.2, 0.25) is 0 Å². The molecule has 7 nitrogen and oxygen atoms in total. The summed E-state index contributed by atoms with van der Waals surface area (Å²) < 4.78 is 110. The molecule has 1 aromatic heterocycles. The van der Waals surface area contributed by atoms with Crippen molar-refractivity contribution in [3.8, 4) is 0 Å². The minimum atomic E-state index is -5.92. The minimum absolute atomic E-state index is 0.0518. The van der Waals surface area contributed by atoms with Gasteiger partial charge in [-0.2, -0.15) is 35.1 Å². The molecule has 0 aromatic carbocycles. The number of hydrogen-bond donors (Lipinski definition) is 1. The summed E-state index contributed by atoms with van der Waals surface area (Å²) in [6.45, 7) is -0.373. The predicted molar refractivity (Wildman–Crippen MR) is 92.6 cm³/mol. The normalized spacial score (nSPS) is 21.5. The molecule has 2 aliphatic heterocycles. The number of carbonyl (C=O) groups excluding carboxylic acids is 2. The van der Waals surface area contributed by atoms with Gasteiger partial charge < -0.3 is 15.0 Å². The second-order valence-corrected chi connectivity index (χ2v) is 7.84. The topological polar surface area (TPSA) is 84.4 Å². The van der Waals surface area contributed by atoms with Crippen LogP contribution in [0.15, 0.2) is 18.5 Å². The first-order chi connectivity index (χ1) is 15.2. The summed E-state index contributed by atoms with van der Waals surface area (Å²) in [4.78, 5) is 32.5. The Balaban J connectivity index is 1.87. The van der Waals surface area contributed by atoms with E-state index in [9.17, 15) is 44.7 Å². The predicted octanol–water partition coefficient (Wildman–Crippen LogP) is 2.58. The molecule has 0 saturated carbocycles. The van der Waals surface area contributed by atoms with Crippen molar-refractivity contribution in [2.24, 2.45) is 5.92 Å². The fraction of sp³-hybridized carbons (Fsp3) is 0.667. The summed E-state index contributed by atoms with van der Waals surface area (Å²) in [6, 6.07) is 1.23. The number of carbonyl (C=O) groups is 2. The van der Waals surface area contributed by atoms with Gasteiger partial charge in [0.15, 0.2) is 0 Å². The summed E-state index contributed by atoms with van der Waals surface area (Å²) >= 11 is 0. The standard InChI is InChI=1S/C18H18F8N4O3/c19-16(20,13-28-4-1-5-29-13)14(32)30-9-10(8-15(30)2-6-27-7-3-15)11(31)33-12(17(21,22)23)18(24,25)26/h1,4-5,10,12,27H,2-3,6-9H2. The number of amides is 1. The zero-order valence-corrected chi connectivity index (χ0v) is 16.7. The number of likely N-dealkylation sites (tertiary alicyclic amines) is 1. The molecular weight excluding hydrogens is 472 g/mol. The van der Waals surface area contributed by atoms with E-state index in [-0.39, 0.29) is 25.9 Å². The number of rotatable bonds is 4. The van der Waals surface area contributed by atoms with Gasteiger partial charge in [-0.15, -0.1) is 0 Å². The van der Waals surface area contributed by atoms with Gasteiger partial charge in [-0.05, 0) is 38.4 Å². The number of nitrogens with zero attached hydrogens (tertiary/aromatic N) is 3. The quantitative estimate of drug-likeness (QED) is 0.516. The number of hydrogen-bond acceptors (Lipinski definition) is 6. The van der Waals surface area contributed by atoms with E-state index in [0.717, 1.165) is 12.4 Å². The molecule has 2 saturated heterocycles. The second-order valence-electron chi connectivity index (χ2n) is 7.84. The highest BCUT2D eigenvalue weighted by Gasteiger charge is 2.62. The van der Waals surface area contributed by atoms with E-state index >= 15 is 0 Å². The number of alkyl halides is 8. The Labute approximate surface area is 181 Å². The van der Waals surface area contributed by atoms with Crippen molar-refractivity contribution in [3.05, 3.63) is 24.3 Å². The molecule has 1 aromatic rings. The van der Waals surface area contributed by atoms with E-state index in [4.69, 9.17) is 0 Å². The number of piperidine rings is 1. The molecule has 1 atom stereocenters. The van der Waals surface area contributed by atoms with Crippen molar-refractivity contribution in [2.45, 2.75) is 49.2 Å². The summed E-state index contributed by atoms with van der Waals surface area (Å²) in [5.74, 6) is -10.7. The smallest absolute Gasteiger partial charge is 0.434 e. The van der Waals surface area contributed by atoms with E-state index in [1.54, 1.807) is 0 Å². The average molecular weight is 490 g/mol. The number of nitrogens with one attached hydrogen (secondary N) is 1. The molecule has 0 aliphatic carbocycles. The minimum Gasteiger partial charge on any atom is -0.442 e.